The Labute approximate surface area is 171 Å². The van der Waals surface area contributed by atoms with Gasteiger partial charge in [-0.3, -0.25) is 4.79 Å². The third kappa shape index (κ3) is 6.26. The van der Waals surface area contributed by atoms with Gasteiger partial charge >= 0.3 is 0 Å². The number of nitrogens with one attached hydrogen (secondary N) is 2. The average Bonchev–Trinajstić information content (AvgIpc) is 2.78. The number of amides is 1. The van der Waals surface area contributed by atoms with E-state index in [1.807, 2.05) is 60.7 Å². The molecule has 3 aromatic rings. The van der Waals surface area contributed by atoms with Crippen LogP contribution in [0.3, 0.4) is 0 Å². The zero-order valence-corrected chi connectivity index (χ0v) is 16.2. The SMILES string of the molecule is O=C(Nc1ccc(CCNC[C@H](O)c2ccccc2)cc1)[C@H](O)c1ccccc1. The standard InChI is InChI=1S/C24H26N2O3/c27-22(19-7-3-1-4-8-19)17-25-16-15-18-11-13-21(14-12-18)26-24(29)23(28)20-9-5-2-6-10-20/h1-14,22-23,25,27-28H,15-17H2,(H,26,29)/t22-,23+/m0/s1. The number of aliphatic hydroxyl groups is 2. The summed E-state index contributed by atoms with van der Waals surface area (Å²) in [6, 6.07) is 26.0. The van der Waals surface area contributed by atoms with E-state index in [1.54, 1.807) is 24.3 Å². The van der Waals surface area contributed by atoms with Crippen molar-refractivity contribution in [2.75, 3.05) is 18.4 Å². The van der Waals surface area contributed by atoms with Crippen molar-refractivity contribution in [3.63, 3.8) is 0 Å². The molecule has 2 atom stereocenters. The van der Waals surface area contributed by atoms with Crippen LogP contribution in [0.15, 0.2) is 84.9 Å². The number of rotatable bonds is 9. The zero-order chi connectivity index (χ0) is 20.5. The molecule has 0 spiro atoms. The largest absolute Gasteiger partial charge is 0.387 e. The number of benzene rings is 3. The third-order valence-corrected chi connectivity index (χ3v) is 4.70. The van der Waals surface area contributed by atoms with E-state index in [-0.39, 0.29) is 0 Å². The summed E-state index contributed by atoms with van der Waals surface area (Å²) in [4.78, 5) is 12.2. The molecule has 0 aliphatic heterocycles. The highest BCUT2D eigenvalue weighted by Crippen LogP contribution is 2.16. The summed E-state index contributed by atoms with van der Waals surface area (Å²) in [7, 11) is 0. The summed E-state index contributed by atoms with van der Waals surface area (Å²) < 4.78 is 0. The van der Waals surface area contributed by atoms with Crippen molar-refractivity contribution in [3.8, 4) is 0 Å². The van der Waals surface area contributed by atoms with Gasteiger partial charge in [0.2, 0.25) is 0 Å². The van der Waals surface area contributed by atoms with Crippen molar-refractivity contribution in [1.29, 1.82) is 0 Å². The lowest BCUT2D eigenvalue weighted by molar-refractivity contribution is -0.124. The summed E-state index contributed by atoms with van der Waals surface area (Å²) in [5.74, 6) is -0.458. The Hall–Kier alpha value is -2.99. The van der Waals surface area contributed by atoms with Crippen LogP contribution in [0, 0.1) is 0 Å². The maximum Gasteiger partial charge on any atom is 0.257 e. The lowest BCUT2D eigenvalue weighted by atomic mass is 10.1. The summed E-state index contributed by atoms with van der Waals surface area (Å²) in [5, 5.41) is 26.3. The van der Waals surface area contributed by atoms with E-state index >= 15 is 0 Å². The molecule has 0 unspecified atom stereocenters. The molecule has 3 rings (SSSR count). The van der Waals surface area contributed by atoms with Gasteiger partial charge in [0, 0.05) is 12.2 Å². The van der Waals surface area contributed by atoms with Crippen molar-refractivity contribution in [2.45, 2.75) is 18.6 Å². The molecule has 5 heteroatoms. The smallest absolute Gasteiger partial charge is 0.257 e. The van der Waals surface area contributed by atoms with Crippen LogP contribution in [0.4, 0.5) is 5.69 Å². The topological polar surface area (TPSA) is 81.6 Å². The van der Waals surface area contributed by atoms with E-state index in [9.17, 15) is 15.0 Å². The van der Waals surface area contributed by atoms with Crippen LogP contribution in [0.1, 0.15) is 28.9 Å². The fourth-order valence-corrected chi connectivity index (χ4v) is 3.02. The lowest BCUT2D eigenvalue weighted by Gasteiger charge is -2.13. The van der Waals surface area contributed by atoms with Gasteiger partial charge in [-0.15, -0.1) is 0 Å². The van der Waals surface area contributed by atoms with E-state index in [2.05, 4.69) is 10.6 Å². The molecule has 0 radical (unpaired) electrons. The minimum Gasteiger partial charge on any atom is -0.387 e. The average molecular weight is 390 g/mol. The number of hydrogen-bond donors (Lipinski definition) is 4. The van der Waals surface area contributed by atoms with Crippen LogP contribution in [-0.4, -0.2) is 29.2 Å². The first-order chi connectivity index (χ1) is 14.1. The molecule has 150 valence electrons. The zero-order valence-electron chi connectivity index (χ0n) is 16.2. The Morgan fingerprint density at radius 2 is 1.38 bits per heavy atom. The highest BCUT2D eigenvalue weighted by Gasteiger charge is 2.16. The fraction of sp³-hybridized carbons (Fsp3) is 0.208. The molecule has 3 aromatic carbocycles. The molecule has 0 saturated heterocycles. The summed E-state index contributed by atoms with van der Waals surface area (Å²) in [6.07, 6.45) is -0.913. The van der Waals surface area contributed by atoms with Gasteiger partial charge in [0.1, 0.15) is 0 Å². The molecular formula is C24H26N2O3. The van der Waals surface area contributed by atoms with Crippen molar-refractivity contribution in [2.24, 2.45) is 0 Å². The van der Waals surface area contributed by atoms with Crippen LogP contribution >= 0.6 is 0 Å². The Kier molecular flexibility index (Phi) is 7.53. The normalized spacial score (nSPS) is 12.9. The van der Waals surface area contributed by atoms with Crippen LogP contribution < -0.4 is 10.6 Å². The maximum absolute atomic E-state index is 12.2. The number of anilines is 1. The van der Waals surface area contributed by atoms with E-state index in [1.165, 1.54) is 0 Å². The molecular weight excluding hydrogens is 364 g/mol. The Morgan fingerprint density at radius 1 is 0.793 bits per heavy atom. The highest BCUT2D eigenvalue weighted by molar-refractivity contribution is 5.94. The van der Waals surface area contributed by atoms with Gasteiger partial charge in [0.25, 0.3) is 5.91 Å². The monoisotopic (exact) mass is 390 g/mol. The molecule has 0 aromatic heterocycles. The van der Waals surface area contributed by atoms with E-state index in [0.717, 1.165) is 24.1 Å². The molecule has 0 saturated carbocycles. The first-order valence-corrected chi connectivity index (χ1v) is 9.70. The summed E-state index contributed by atoms with van der Waals surface area (Å²) in [5.41, 5.74) is 3.22. The van der Waals surface area contributed by atoms with E-state index in [4.69, 9.17) is 0 Å². The van der Waals surface area contributed by atoms with Crippen molar-refractivity contribution < 1.29 is 15.0 Å². The lowest BCUT2D eigenvalue weighted by Crippen LogP contribution is -2.23. The van der Waals surface area contributed by atoms with Crippen molar-refractivity contribution in [3.05, 3.63) is 102 Å². The Morgan fingerprint density at radius 3 is 2.00 bits per heavy atom. The van der Waals surface area contributed by atoms with Gasteiger partial charge in [0.15, 0.2) is 6.10 Å². The van der Waals surface area contributed by atoms with Gasteiger partial charge in [-0.25, -0.2) is 0 Å². The first-order valence-electron chi connectivity index (χ1n) is 9.70. The minimum absolute atomic E-state index is 0.458. The Balaban J connectivity index is 1.42. The van der Waals surface area contributed by atoms with Crippen LogP contribution in [0.2, 0.25) is 0 Å². The molecule has 0 fully saturated rings. The second kappa shape index (κ2) is 10.5. The van der Waals surface area contributed by atoms with Gasteiger partial charge in [-0.05, 0) is 41.8 Å². The number of carbonyl (C=O) groups excluding carboxylic acids is 1. The second-order valence-corrected chi connectivity index (χ2v) is 6.88. The number of carbonyl (C=O) groups is 1. The molecule has 0 aliphatic carbocycles. The van der Waals surface area contributed by atoms with Gasteiger partial charge < -0.3 is 20.8 Å². The minimum atomic E-state index is -1.20. The maximum atomic E-state index is 12.2. The first kappa shape index (κ1) is 20.7. The van der Waals surface area contributed by atoms with Crippen molar-refractivity contribution >= 4 is 11.6 Å². The van der Waals surface area contributed by atoms with Crippen LogP contribution in [0.25, 0.3) is 0 Å². The molecule has 5 nitrogen and oxygen atoms in total. The van der Waals surface area contributed by atoms with Gasteiger partial charge in [-0.2, -0.15) is 0 Å². The molecule has 0 heterocycles. The second-order valence-electron chi connectivity index (χ2n) is 6.88. The third-order valence-electron chi connectivity index (χ3n) is 4.70. The summed E-state index contributed by atoms with van der Waals surface area (Å²) >= 11 is 0. The predicted octanol–water partition coefficient (Wildman–Crippen LogP) is 3.22. The quantitative estimate of drug-likeness (QED) is 0.423. The molecule has 29 heavy (non-hydrogen) atoms. The Bertz CT molecular complexity index is 883. The fourth-order valence-electron chi connectivity index (χ4n) is 3.02. The predicted molar refractivity (Wildman–Crippen MR) is 114 cm³/mol. The van der Waals surface area contributed by atoms with Gasteiger partial charge in [0.05, 0.1) is 6.10 Å². The van der Waals surface area contributed by atoms with Gasteiger partial charge in [-0.1, -0.05) is 72.8 Å². The summed E-state index contributed by atoms with van der Waals surface area (Å²) in [6.45, 7) is 1.23. The number of aliphatic hydroxyl groups excluding tert-OH is 2. The van der Waals surface area contributed by atoms with Crippen LogP contribution in [0.5, 0.6) is 0 Å². The van der Waals surface area contributed by atoms with E-state index in [0.29, 0.717) is 17.8 Å². The van der Waals surface area contributed by atoms with Crippen LogP contribution in [-0.2, 0) is 11.2 Å². The highest BCUT2D eigenvalue weighted by atomic mass is 16.3. The molecule has 4 N–H and O–H groups in total. The number of hydrogen-bond acceptors (Lipinski definition) is 4. The molecule has 0 aliphatic rings. The molecule has 0 bridgehead atoms. The van der Waals surface area contributed by atoms with Crippen molar-refractivity contribution in [1.82, 2.24) is 5.32 Å². The molecule has 1 amide bonds. The van der Waals surface area contributed by atoms with E-state index < -0.39 is 18.1 Å².